The van der Waals surface area contributed by atoms with Crippen molar-refractivity contribution in [1.82, 2.24) is 15.6 Å². The summed E-state index contributed by atoms with van der Waals surface area (Å²) in [7, 11) is 0. The van der Waals surface area contributed by atoms with Gasteiger partial charge in [-0.1, -0.05) is 48.5 Å². The van der Waals surface area contributed by atoms with E-state index in [9.17, 15) is 0 Å². The lowest BCUT2D eigenvalue weighted by atomic mass is 10.2. The summed E-state index contributed by atoms with van der Waals surface area (Å²) in [6.45, 7) is 4.03. The minimum Gasteiger partial charge on any atom is -0.444 e. The number of guanidine groups is 1. The highest BCUT2D eigenvalue weighted by molar-refractivity contribution is 5.79. The Balaban J connectivity index is 1.61. The first-order valence-electron chi connectivity index (χ1n) is 8.41. The average Bonchev–Trinajstić information content (AvgIpc) is 3.15. The summed E-state index contributed by atoms with van der Waals surface area (Å²) >= 11 is 0. The molecular formula is C20H22N4O. The molecule has 0 saturated heterocycles. The van der Waals surface area contributed by atoms with E-state index in [1.807, 2.05) is 55.5 Å². The van der Waals surface area contributed by atoms with Crippen LogP contribution in [0.4, 0.5) is 0 Å². The normalized spacial score (nSPS) is 11.3. The lowest BCUT2D eigenvalue weighted by molar-refractivity contribution is 0.572. The summed E-state index contributed by atoms with van der Waals surface area (Å²) in [5, 5.41) is 6.53. The highest BCUT2D eigenvalue weighted by Gasteiger charge is 2.07. The Bertz CT molecular complexity index is 797. The van der Waals surface area contributed by atoms with Crippen LogP contribution in [0.3, 0.4) is 0 Å². The van der Waals surface area contributed by atoms with Gasteiger partial charge in [-0.25, -0.2) is 9.98 Å². The van der Waals surface area contributed by atoms with E-state index in [-0.39, 0.29) is 0 Å². The molecule has 2 aromatic carbocycles. The Morgan fingerprint density at radius 3 is 2.44 bits per heavy atom. The molecule has 1 heterocycles. The topological polar surface area (TPSA) is 62.5 Å². The molecule has 0 aliphatic carbocycles. The fraction of sp³-hybridized carbons (Fsp3) is 0.200. The molecule has 0 atom stereocenters. The molecule has 3 aromatic rings. The Hall–Kier alpha value is -3.08. The third-order valence-electron chi connectivity index (χ3n) is 3.62. The molecule has 0 amide bonds. The van der Waals surface area contributed by atoms with E-state index >= 15 is 0 Å². The van der Waals surface area contributed by atoms with Crippen molar-refractivity contribution < 1.29 is 4.42 Å². The van der Waals surface area contributed by atoms with Gasteiger partial charge in [0, 0.05) is 12.1 Å². The van der Waals surface area contributed by atoms with Gasteiger partial charge in [0.25, 0.3) is 0 Å². The third-order valence-corrected chi connectivity index (χ3v) is 3.62. The standard InChI is InChI=1S/C20H22N4O/c1-2-21-20(22-13-16-9-5-3-6-10-16)23-14-18-15-25-19(24-18)17-11-7-4-8-12-17/h3-12,15H,2,13-14H2,1H3,(H2,21,22,23). The van der Waals surface area contributed by atoms with Crippen LogP contribution in [0.5, 0.6) is 0 Å². The van der Waals surface area contributed by atoms with Gasteiger partial charge in [0.2, 0.25) is 5.89 Å². The van der Waals surface area contributed by atoms with Crippen molar-refractivity contribution in [3.63, 3.8) is 0 Å². The fourth-order valence-electron chi connectivity index (χ4n) is 2.37. The molecule has 0 aliphatic rings. The smallest absolute Gasteiger partial charge is 0.226 e. The average molecular weight is 334 g/mol. The van der Waals surface area contributed by atoms with Crippen molar-refractivity contribution in [3.8, 4) is 11.5 Å². The molecule has 3 rings (SSSR count). The van der Waals surface area contributed by atoms with Crippen LogP contribution in [-0.2, 0) is 13.1 Å². The van der Waals surface area contributed by atoms with Gasteiger partial charge in [-0.3, -0.25) is 0 Å². The van der Waals surface area contributed by atoms with Crippen LogP contribution < -0.4 is 10.6 Å². The van der Waals surface area contributed by atoms with Crippen molar-refractivity contribution in [3.05, 3.63) is 78.2 Å². The Labute approximate surface area is 147 Å². The predicted molar refractivity (Wildman–Crippen MR) is 100 cm³/mol. The molecule has 1 aromatic heterocycles. The summed E-state index contributed by atoms with van der Waals surface area (Å²) in [5.74, 6) is 1.39. The van der Waals surface area contributed by atoms with Crippen LogP contribution in [0.2, 0.25) is 0 Å². The van der Waals surface area contributed by atoms with E-state index in [0.29, 0.717) is 19.0 Å². The molecule has 5 nitrogen and oxygen atoms in total. The Kier molecular flexibility index (Phi) is 5.82. The molecule has 25 heavy (non-hydrogen) atoms. The van der Waals surface area contributed by atoms with Crippen molar-refractivity contribution in [2.24, 2.45) is 4.99 Å². The summed E-state index contributed by atoms with van der Waals surface area (Å²) in [4.78, 5) is 9.12. The molecule has 0 fully saturated rings. The summed E-state index contributed by atoms with van der Waals surface area (Å²) < 4.78 is 5.56. The SMILES string of the molecule is CCNC(=NCc1ccccc1)NCc1coc(-c2ccccc2)n1. The van der Waals surface area contributed by atoms with Crippen LogP contribution in [-0.4, -0.2) is 17.5 Å². The predicted octanol–water partition coefficient (Wildman–Crippen LogP) is 3.60. The second-order valence-corrected chi connectivity index (χ2v) is 5.54. The first-order valence-corrected chi connectivity index (χ1v) is 8.41. The van der Waals surface area contributed by atoms with Crippen molar-refractivity contribution in [2.45, 2.75) is 20.0 Å². The lowest BCUT2D eigenvalue weighted by Crippen LogP contribution is -2.36. The number of nitrogens with one attached hydrogen (secondary N) is 2. The number of benzene rings is 2. The molecule has 0 aliphatic heterocycles. The molecule has 0 spiro atoms. The van der Waals surface area contributed by atoms with Gasteiger partial charge < -0.3 is 15.1 Å². The highest BCUT2D eigenvalue weighted by atomic mass is 16.3. The summed E-state index contributed by atoms with van der Waals surface area (Å²) in [5.41, 5.74) is 2.98. The second kappa shape index (κ2) is 8.68. The van der Waals surface area contributed by atoms with Crippen LogP contribution in [0, 0.1) is 0 Å². The van der Waals surface area contributed by atoms with Crippen LogP contribution >= 0.6 is 0 Å². The van der Waals surface area contributed by atoms with E-state index in [1.54, 1.807) is 6.26 Å². The molecule has 0 radical (unpaired) electrons. The number of oxazole rings is 1. The maximum absolute atomic E-state index is 5.56. The first kappa shape index (κ1) is 16.8. The summed E-state index contributed by atoms with van der Waals surface area (Å²) in [6.07, 6.45) is 1.68. The van der Waals surface area contributed by atoms with Gasteiger partial charge in [-0.05, 0) is 24.6 Å². The third kappa shape index (κ3) is 4.94. The second-order valence-electron chi connectivity index (χ2n) is 5.54. The molecule has 0 unspecified atom stereocenters. The van der Waals surface area contributed by atoms with E-state index in [2.05, 4.69) is 32.7 Å². The maximum Gasteiger partial charge on any atom is 0.226 e. The first-order chi connectivity index (χ1) is 12.3. The zero-order chi connectivity index (χ0) is 17.3. The molecule has 5 heteroatoms. The van der Waals surface area contributed by atoms with Gasteiger partial charge in [0.1, 0.15) is 6.26 Å². The van der Waals surface area contributed by atoms with Crippen molar-refractivity contribution in [1.29, 1.82) is 0 Å². The van der Waals surface area contributed by atoms with Gasteiger partial charge >= 0.3 is 0 Å². The molecule has 128 valence electrons. The van der Waals surface area contributed by atoms with Crippen LogP contribution in [0.1, 0.15) is 18.2 Å². The van der Waals surface area contributed by atoms with E-state index < -0.39 is 0 Å². The van der Waals surface area contributed by atoms with Gasteiger partial charge in [-0.2, -0.15) is 0 Å². The Morgan fingerprint density at radius 2 is 1.72 bits per heavy atom. The largest absolute Gasteiger partial charge is 0.444 e. The molecule has 0 saturated carbocycles. The molecular weight excluding hydrogens is 312 g/mol. The number of aromatic nitrogens is 1. The molecule has 0 bridgehead atoms. The van der Waals surface area contributed by atoms with E-state index in [1.165, 1.54) is 5.56 Å². The number of hydrogen-bond acceptors (Lipinski definition) is 3. The number of nitrogens with zero attached hydrogens (tertiary/aromatic N) is 2. The maximum atomic E-state index is 5.56. The van der Waals surface area contributed by atoms with E-state index in [0.717, 1.165) is 23.8 Å². The van der Waals surface area contributed by atoms with E-state index in [4.69, 9.17) is 4.42 Å². The van der Waals surface area contributed by atoms with Crippen molar-refractivity contribution >= 4 is 5.96 Å². The quantitative estimate of drug-likeness (QED) is 0.534. The van der Waals surface area contributed by atoms with Gasteiger partial charge in [0.05, 0.1) is 18.8 Å². The minimum atomic E-state index is 0.553. The number of aliphatic imine (C=N–C) groups is 1. The minimum absolute atomic E-state index is 0.553. The zero-order valence-electron chi connectivity index (χ0n) is 14.3. The van der Waals surface area contributed by atoms with Crippen LogP contribution in [0.15, 0.2) is 76.3 Å². The van der Waals surface area contributed by atoms with Gasteiger partial charge in [-0.15, -0.1) is 0 Å². The molecule has 2 N–H and O–H groups in total. The highest BCUT2D eigenvalue weighted by Crippen LogP contribution is 2.17. The van der Waals surface area contributed by atoms with Crippen LogP contribution in [0.25, 0.3) is 11.5 Å². The number of hydrogen-bond donors (Lipinski definition) is 2. The lowest BCUT2D eigenvalue weighted by Gasteiger charge is -2.09. The van der Waals surface area contributed by atoms with Gasteiger partial charge in [0.15, 0.2) is 5.96 Å². The zero-order valence-corrected chi connectivity index (χ0v) is 14.3. The van der Waals surface area contributed by atoms with Crippen molar-refractivity contribution in [2.75, 3.05) is 6.54 Å². The number of rotatable bonds is 6. The Morgan fingerprint density at radius 1 is 1.00 bits per heavy atom. The fourth-order valence-corrected chi connectivity index (χ4v) is 2.37. The monoisotopic (exact) mass is 334 g/mol. The summed E-state index contributed by atoms with van der Waals surface area (Å²) in [6, 6.07) is 20.0.